The molecule has 2 aliphatic rings. The Bertz CT molecular complexity index is 639. The van der Waals surface area contributed by atoms with Gasteiger partial charge >= 0.3 is 5.97 Å². The second-order valence-electron chi connectivity index (χ2n) is 6.81. The van der Waals surface area contributed by atoms with Gasteiger partial charge in [-0.05, 0) is 24.5 Å². The Hall–Kier alpha value is -2.21. The van der Waals surface area contributed by atoms with Gasteiger partial charge in [0.15, 0.2) is 0 Å². The van der Waals surface area contributed by atoms with Crippen molar-refractivity contribution in [2.45, 2.75) is 31.3 Å². The monoisotopic (exact) mass is 343 g/mol. The summed E-state index contributed by atoms with van der Waals surface area (Å²) < 4.78 is 4.99. The van der Waals surface area contributed by atoms with E-state index in [1.807, 2.05) is 17.2 Å². The van der Waals surface area contributed by atoms with Crippen LogP contribution >= 0.6 is 0 Å². The third kappa shape index (κ3) is 3.31. The number of amides is 1. The molecule has 6 nitrogen and oxygen atoms in total. The first-order chi connectivity index (χ1) is 12.1. The fourth-order valence-electron chi connectivity index (χ4n) is 4.24. The second kappa shape index (κ2) is 7.35. The summed E-state index contributed by atoms with van der Waals surface area (Å²) in [4.78, 5) is 33.2. The van der Waals surface area contributed by atoms with E-state index < -0.39 is 5.54 Å². The molecule has 3 rings (SSSR count). The first-order valence-corrected chi connectivity index (χ1v) is 8.71. The van der Waals surface area contributed by atoms with Crippen LogP contribution in [0.25, 0.3) is 0 Å². The van der Waals surface area contributed by atoms with Crippen LogP contribution in [0, 0.1) is 5.92 Å². The highest BCUT2D eigenvalue weighted by Gasteiger charge is 2.56. The zero-order valence-corrected chi connectivity index (χ0v) is 14.7. The Morgan fingerprint density at radius 1 is 1.48 bits per heavy atom. The number of esters is 1. The lowest BCUT2D eigenvalue weighted by molar-refractivity contribution is -0.150. The van der Waals surface area contributed by atoms with Gasteiger partial charge in [0, 0.05) is 45.0 Å². The van der Waals surface area contributed by atoms with Crippen LogP contribution in [0.2, 0.25) is 0 Å². The lowest BCUT2D eigenvalue weighted by atomic mass is 9.76. The summed E-state index contributed by atoms with van der Waals surface area (Å²) in [5, 5.41) is 0. The van der Waals surface area contributed by atoms with Crippen LogP contribution in [0.1, 0.15) is 24.8 Å². The highest BCUT2D eigenvalue weighted by atomic mass is 16.5. The number of rotatable bonds is 5. The van der Waals surface area contributed by atoms with Crippen molar-refractivity contribution in [2.75, 3.05) is 26.7 Å². The standard InChI is InChI=1S/C19H25N3O3/c1-3-9-22-17(23)12-16(18(24)25-2)19(22)6-10-21(11-7-19)14-15-5-4-8-20-13-15/h3-5,8,13,16H,1,6-7,9-12,14H2,2H3. The Kier molecular flexibility index (Phi) is 5.18. The summed E-state index contributed by atoms with van der Waals surface area (Å²) in [6, 6.07) is 4.01. The zero-order valence-electron chi connectivity index (χ0n) is 14.7. The average Bonchev–Trinajstić information content (AvgIpc) is 2.90. The fraction of sp³-hybridized carbons (Fsp3) is 0.526. The number of carbonyl (C=O) groups excluding carboxylic acids is 2. The van der Waals surface area contributed by atoms with Crippen molar-refractivity contribution in [1.82, 2.24) is 14.8 Å². The molecule has 1 unspecified atom stereocenters. The predicted octanol–water partition coefficient (Wildman–Crippen LogP) is 1.62. The Balaban J connectivity index is 1.75. The van der Waals surface area contributed by atoms with E-state index in [1.165, 1.54) is 12.7 Å². The molecular formula is C19H25N3O3. The molecule has 1 amide bonds. The molecule has 1 aromatic heterocycles. The van der Waals surface area contributed by atoms with Gasteiger partial charge in [-0.3, -0.25) is 19.5 Å². The van der Waals surface area contributed by atoms with Gasteiger partial charge in [0.05, 0.1) is 18.6 Å². The molecule has 6 heteroatoms. The summed E-state index contributed by atoms with van der Waals surface area (Å²) >= 11 is 0. The number of aromatic nitrogens is 1. The predicted molar refractivity (Wildman–Crippen MR) is 93.5 cm³/mol. The highest BCUT2D eigenvalue weighted by Crippen LogP contribution is 2.44. The number of likely N-dealkylation sites (tertiary alicyclic amines) is 2. The van der Waals surface area contributed by atoms with E-state index in [1.54, 1.807) is 12.3 Å². The van der Waals surface area contributed by atoms with Gasteiger partial charge in [0.1, 0.15) is 0 Å². The lowest BCUT2D eigenvalue weighted by Gasteiger charge is -2.46. The SMILES string of the molecule is C=CCN1C(=O)CC(C(=O)OC)C12CCN(Cc1cccnc1)CC2. The minimum Gasteiger partial charge on any atom is -0.469 e. The maximum Gasteiger partial charge on any atom is 0.311 e. The van der Waals surface area contributed by atoms with Crippen LogP contribution in [0.15, 0.2) is 37.2 Å². The average molecular weight is 343 g/mol. The quantitative estimate of drug-likeness (QED) is 0.601. The van der Waals surface area contributed by atoms with Crippen molar-refractivity contribution in [2.24, 2.45) is 5.92 Å². The number of pyridine rings is 1. The molecule has 25 heavy (non-hydrogen) atoms. The van der Waals surface area contributed by atoms with Crippen LogP contribution in [0.4, 0.5) is 0 Å². The molecular weight excluding hydrogens is 318 g/mol. The van der Waals surface area contributed by atoms with Gasteiger partial charge in [-0.2, -0.15) is 0 Å². The largest absolute Gasteiger partial charge is 0.469 e. The summed E-state index contributed by atoms with van der Waals surface area (Å²) in [6.45, 7) is 6.76. The molecule has 0 N–H and O–H groups in total. The second-order valence-corrected chi connectivity index (χ2v) is 6.81. The molecule has 1 atom stereocenters. The number of ether oxygens (including phenoxy) is 1. The summed E-state index contributed by atoms with van der Waals surface area (Å²) in [7, 11) is 1.40. The van der Waals surface area contributed by atoms with Crippen molar-refractivity contribution in [3.63, 3.8) is 0 Å². The molecule has 1 aromatic rings. The van der Waals surface area contributed by atoms with Crippen LogP contribution in [-0.4, -0.2) is 58.9 Å². The molecule has 2 aliphatic heterocycles. The zero-order chi connectivity index (χ0) is 17.9. The fourth-order valence-corrected chi connectivity index (χ4v) is 4.24. The Morgan fingerprint density at radius 2 is 2.24 bits per heavy atom. The van der Waals surface area contributed by atoms with Gasteiger partial charge in [0.25, 0.3) is 0 Å². The highest BCUT2D eigenvalue weighted by molar-refractivity contribution is 5.89. The van der Waals surface area contributed by atoms with E-state index >= 15 is 0 Å². The lowest BCUT2D eigenvalue weighted by Crippen LogP contribution is -2.57. The van der Waals surface area contributed by atoms with E-state index in [0.29, 0.717) is 6.54 Å². The van der Waals surface area contributed by atoms with Crippen molar-refractivity contribution >= 4 is 11.9 Å². The first-order valence-electron chi connectivity index (χ1n) is 8.71. The number of hydrogen-bond acceptors (Lipinski definition) is 5. The molecule has 1 spiro atoms. The third-order valence-corrected chi connectivity index (χ3v) is 5.51. The molecule has 3 heterocycles. The smallest absolute Gasteiger partial charge is 0.311 e. The summed E-state index contributed by atoms with van der Waals surface area (Å²) in [5.41, 5.74) is 0.734. The van der Waals surface area contributed by atoms with E-state index in [-0.39, 0.29) is 24.2 Å². The van der Waals surface area contributed by atoms with Crippen LogP contribution in [0.5, 0.6) is 0 Å². The molecule has 0 saturated carbocycles. The number of methoxy groups -OCH3 is 1. The van der Waals surface area contributed by atoms with Gasteiger partial charge in [-0.15, -0.1) is 6.58 Å². The minimum absolute atomic E-state index is 0.0241. The van der Waals surface area contributed by atoms with Crippen molar-refractivity contribution in [3.8, 4) is 0 Å². The number of hydrogen-bond donors (Lipinski definition) is 0. The van der Waals surface area contributed by atoms with Crippen molar-refractivity contribution in [3.05, 3.63) is 42.7 Å². The van der Waals surface area contributed by atoms with Gasteiger partial charge in [-0.25, -0.2) is 0 Å². The molecule has 0 bridgehead atoms. The van der Waals surface area contributed by atoms with Crippen LogP contribution < -0.4 is 0 Å². The normalized spacial score (nSPS) is 23.0. The van der Waals surface area contributed by atoms with E-state index in [2.05, 4.69) is 22.5 Å². The van der Waals surface area contributed by atoms with Gasteiger partial charge in [0.2, 0.25) is 5.91 Å². The maximum absolute atomic E-state index is 12.5. The minimum atomic E-state index is -0.441. The Morgan fingerprint density at radius 3 is 2.84 bits per heavy atom. The topological polar surface area (TPSA) is 62.7 Å². The maximum atomic E-state index is 12.5. The summed E-state index contributed by atoms with van der Waals surface area (Å²) in [5.74, 6) is -0.637. The third-order valence-electron chi connectivity index (χ3n) is 5.51. The van der Waals surface area contributed by atoms with E-state index in [9.17, 15) is 9.59 Å². The van der Waals surface area contributed by atoms with Crippen LogP contribution in [-0.2, 0) is 20.9 Å². The van der Waals surface area contributed by atoms with Crippen LogP contribution in [0.3, 0.4) is 0 Å². The van der Waals surface area contributed by atoms with Gasteiger partial charge < -0.3 is 9.64 Å². The molecule has 0 aliphatic carbocycles. The van der Waals surface area contributed by atoms with Crippen molar-refractivity contribution < 1.29 is 14.3 Å². The van der Waals surface area contributed by atoms with E-state index in [4.69, 9.17) is 4.74 Å². The van der Waals surface area contributed by atoms with E-state index in [0.717, 1.165) is 32.5 Å². The molecule has 0 radical (unpaired) electrons. The molecule has 2 fully saturated rings. The number of nitrogens with zero attached hydrogens (tertiary/aromatic N) is 3. The number of carbonyl (C=O) groups is 2. The molecule has 2 saturated heterocycles. The van der Waals surface area contributed by atoms with Crippen molar-refractivity contribution in [1.29, 1.82) is 0 Å². The first kappa shape index (κ1) is 17.6. The van der Waals surface area contributed by atoms with Gasteiger partial charge in [-0.1, -0.05) is 12.1 Å². The Labute approximate surface area is 148 Å². The molecule has 0 aromatic carbocycles. The molecule has 134 valence electrons. The summed E-state index contributed by atoms with van der Waals surface area (Å²) in [6.07, 6.45) is 7.17. The number of piperidine rings is 1.